The molecule has 0 unspecified atom stereocenters. The molecule has 0 aromatic heterocycles. The molecular formula is C11H12O3. The molecular weight excluding hydrogens is 180 g/mol. The number of rotatable bonds is 2. The molecule has 2 saturated heterocycles. The van der Waals surface area contributed by atoms with Crippen LogP contribution in [0.25, 0.3) is 0 Å². The first-order chi connectivity index (χ1) is 6.88. The van der Waals surface area contributed by atoms with Gasteiger partial charge in [0.25, 0.3) is 0 Å². The molecule has 3 rings (SSSR count). The number of benzene rings is 1. The fourth-order valence-electron chi connectivity index (χ4n) is 1.93. The Balaban J connectivity index is 1.82. The lowest BCUT2D eigenvalue weighted by atomic mass is 10.1. The van der Waals surface area contributed by atoms with Crippen molar-refractivity contribution in [3.8, 4) is 5.75 Å². The molecule has 2 heterocycles. The predicted octanol–water partition coefficient (Wildman–Crippen LogP) is 1.53. The second-order valence-corrected chi connectivity index (χ2v) is 3.67. The van der Waals surface area contributed by atoms with Gasteiger partial charge in [-0.3, -0.25) is 0 Å². The summed E-state index contributed by atoms with van der Waals surface area (Å²) in [6.07, 6.45) is 0.774. The van der Waals surface area contributed by atoms with Crippen molar-refractivity contribution in [1.82, 2.24) is 0 Å². The number of methoxy groups -OCH3 is 1. The van der Waals surface area contributed by atoms with Crippen LogP contribution in [0, 0.1) is 0 Å². The van der Waals surface area contributed by atoms with E-state index in [-0.39, 0.29) is 6.10 Å². The van der Waals surface area contributed by atoms with Crippen molar-refractivity contribution < 1.29 is 14.2 Å². The van der Waals surface area contributed by atoms with Crippen molar-refractivity contribution >= 4 is 0 Å². The van der Waals surface area contributed by atoms with Gasteiger partial charge in [0.2, 0.25) is 0 Å². The molecule has 0 saturated carbocycles. The molecule has 0 radical (unpaired) electrons. The van der Waals surface area contributed by atoms with Crippen LogP contribution in [0.15, 0.2) is 24.3 Å². The molecule has 74 valence electrons. The third-order valence-electron chi connectivity index (χ3n) is 2.80. The lowest BCUT2D eigenvalue weighted by Crippen LogP contribution is -2.04. The maximum absolute atomic E-state index is 5.61. The summed E-state index contributed by atoms with van der Waals surface area (Å²) in [7, 11) is 1.67. The van der Waals surface area contributed by atoms with Crippen molar-refractivity contribution in [3.63, 3.8) is 0 Å². The van der Waals surface area contributed by atoms with E-state index in [4.69, 9.17) is 14.2 Å². The van der Waals surface area contributed by atoms with Gasteiger partial charge >= 0.3 is 0 Å². The number of hydrogen-bond acceptors (Lipinski definition) is 3. The van der Waals surface area contributed by atoms with Crippen LogP contribution in [-0.2, 0) is 9.47 Å². The first-order valence-corrected chi connectivity index (χ1v) is 4.79. The van der Waals surface area contributed by atoms with Crippen LogP contribution in [-0.4, -0.2) is 25.9 Å². The van der Waals surface area contributed by atoms with Gasteiger partial charge in [0, 0.05) is 0 Å². The van der Waals surface area contributed by atoms with Gasteiger partial charge < -0.3 is 14.2 Å². The van der Waals surface area contributed by atoms with Crippen LogP contribution in [0.2, 0.25) is 0 Å². The van der Waals surface area contributed by atoms with Crippen molar-refractivity contribution in [1.29, 1.82) is 0 Å². The first-order valence-electron chi connectivity index (χ1n) is 4.79. The van der Waals surface area contributed by atoms with E-state index in [2.05, 4.69) is 0 Å². The molecule has 14 heavy (non-hydrogen) atoms. The van der Waals surface area contributed by atoms with Crippen LogP contribution in [0.4, 0.5) is 0 Å². The van der Waals surface area contributed by atoms with Crippen LogP contribution >= 0.6 is 0 Å². The molecule has 2 aliphatic rings. The van der Waals surface area contributed by atoms with E-state index in [1.165, 1.54) is 5.56 Å². The Morgan fingerprint density at radius 2 is 2.07 bits per heavy atom. The number of epoxide rings is 1. The first kappa shape index (κ1) is 8.26. The quantitative estimate of drug-likeness (QED) is 0.666. The summed E-state index contributed by atoms with van der Waals surface area (Å²) in [5, 5.41) is 0. The molecule has 2 aliphatic heterocycles. The fraction of sp³-hybridized carbons (Fsp3) is 0.455. The standard InChI is InChI=1S/C11H12O3/c1-12-8-4-2-7(3-5-8)10-11-9(14-11)6-13-10/h2-5,9-11H,6H2,1H3/t9-,10-,11+/m0/s1. The lowest BCUT2D eigenvalue weighted by molar-refractivity contribution is 0.0282. The Bertz CT molecular complexity index is 333. The van der Waals surface area contributed by atoms with E-state index in [0.717, 1.165) is 12.4 Å². The van der Waals surface area contributed by atoms with E-state index in [9.17, 15) is 0 Å². The summed E-state index contributed by atoms with van der Waals surface area (Å²) in [6.45, 7) is 0.737. The van der Waals surface area contributed by atoms with Crippen molar-refractivity contribution in [2.24, 2.45) is 0 Å². The summed E-state index contributed by atoms with van der Waals surface area (Å²) in [5.41, 5.74) is 1.18. The molecule has 1 aromatic carbocycles. The zero-order valence-corrected chi connectivity index (χ0v) is 7.97. The van der Waals surface area contributed by atoms with E-state index in [1.807, 2.05) is 24.3 Å². The summed E-state index contributed by atoms with van der Waals surface area (Å²) in [5.74, 6) is 0.875. The Morgan fingerprint density at radius 3 is 2.57 bits per heavy atom. The minimum absolute atomic E-state index is 0.130. The van der Waals surface area contributed by atoms with Gasteiger partial charge in [-0.2, -0.15) is 0 Å². The molecule has 2 fully saturated rings. The van der Waals surface area contributed by atoms with Gasteiger partial charge in [0.05, 0.1) is 13.7 Å². The SMILES string of the molecule is COc1ccc([C@@H]2OC[C@@H]3O[C@H]32)cc1. The predicted molar refractivity (Wildman–Crippen MR) is 50.3 cm³/mol. The molecule has 1 aromatic rings. The Kier molecular flexibility index (Phi) is 1.75. The van der Waals surface area contributed by atoms with Crippen LogP contribution < -0.4 is 4.74 Å². The number of ether oxygens (including phenoxy) is 3. The zero-order chi connectivity index (χ0) is 9.54. The highest BCUT2D eigenvalue weighted by molar-refractivity contribution is 5.30. The Labute approximate surface area is 82.6 Å². The van der Waals surface area contributed by atoms with Gasteiger partial charge in [-0.1, -0.05) is 12.1 Å². The second-order valence-electron chi connectivity index (χ2n) is 3.67. The molecule has 3 atom stereocenters. The highest BCUT2D eigenvalue weighted by atomic mass is 16.7. The molecule has 3 nitrogen and oxygen atoms in total. The third kappa shape index (κ3) is 1.21. The van der Waals surface area contributed by atoms with Gasteiger partial charge in [-0.25, -0.2) is 0 Å². The van der Waals surface area contributed by atoms with E-state index in [0.29, 0.717) is 12.2 Å². The van der Waals surface area contributed by atoms with E-state index < -0.39 is 0 Å². The molecule has 0 bridgehead atoms. The Hall–Kier alpha value is -1.06. The summed E-state index contributed by atoms with van der Waals surface area (Å²) in [4.78, 5) is 0. The largest absolute Gasteiger partial charge is 0.497 e. The zero-order valence-electron chi connectivity index (χ0n) is 7.97. The smallest absolute Gasteiger partial charge is 0.118 e. The molecule has 0 aliphatic carbocycles. The molecule has 0 spiro atoms. The maximum Gasteiger partial charge on any atom is 0.118 e. The van der Waals surface area contributed by atoms with Crippen LogP contribution in [0.3, 0.4) is 0 Å². The van der Waals surface area contributed by atoms with Gasteiger partial charge in [0.1, 0.15) is 24.1 Å². The fourth-order valence-corrected chi connectivity index (χ4v) is 1.93. The van der Waals surface area contributed by atoms with Crippen LogP contribution in [0.1, 0.15) is 11.7 Å². The van der Waals surface area contributed by atoms with E-state index >= 15 is 0 Å². The normalized spacial score (nSPS) is 33.9. The molecule has 0 amide bonds. The summed E-state index contributed by atoms with van der Waals surface area (Å²) >= 11 is 0. The molecule has 3 heteroatoms. The average Bonchev–Trinajstić information content (AvgIpc) is 2.91. The monoisotopic (exact) mass is 192 g/mol. The van der Waals surface area contributed by atoms with Gasteiger partial charge in [-0.05, 0) is 17.7 Å². The highest BCUT2D eigenvalue weighted by Crippen LogP contribution is 2.43. The van der Waals surface area contributed by atoms with Gasteiger partial charge in [0.15, 0.2) is 0 Å². The van der Waals surface area contributed by atoms with Crippen molar-refractivity contribution in [3.05, 3.63) is 29.8 Å². The van der Waals surface area contributed by atoms with Crippen molar-refractivity contribution in [2.75, 3.05) is 13.7 Å². The number of fused-ring (bicyclic) bond motifs is 1. The second kappa shape index (κ2) is 2.97. The van der Waals surface area contributed by atoms with Gasteiger partial charge in [-0.15, -0.1) is 0 Å². The average molecular weight is 192 g/mol. The van der Waals surface area contributed by atoms with Crippen LogP contribution in [0.5, 0.6) is 5.75 Å². The van der Waals surface area contributed by atoms with E-state index in [1.54, 1.807) is 7.11 Å². The minimum atomic E-state index is 0.130. The molecule has 0 N–H and O–H groups in total. The maximum atomic E-state index is 5.61. The third-order valence-corrected chi connectivity index (χ3v) is 2.80. The lowest BCUT2D eigenvalue weighted by Gasteiger charge is -2.11. The minimum Gasteiger partial charge on any atom is -0.497 e. The summed E-state index contributed by atoms with van der Waals surface area (Å²) in [6, 6.07) is 7.98. The topological polar surface area (TPSA) is 31.0 Å². The van der Waals surface area contributed by atoms with Crippen molar-refractivity contribution in [2.45, 2.75) is 18.3 Å². The highest BCUT2D eigenvalue weighted by Gasteiger charge is 2.52. The number of hydrogen-bond donors (Lipinski definition) is 0. The Morgan fingerprint density at radius 1 is 1.29 bits per heavy atom. The summed E-state index contributed by atoms with van der Waals surface area (Å²) < 4.78 is 16.1.